The number of aliphatic hydroxyl groups is 1. The molecule has 6 nitrogen and oxygen atoms in total. The second-order valence-corrected chi connectivity index (χ2v) is 6.85. The molecule has 0 unspecified atom stereocenters. The van der Waals surface area contributed by atoms with E-state index in [0.29, 0.717) is 13.0 Å². The van der Waals surface area contributed by atoms with Crippen LogP contribution >= 0.6 is 0 Å². The monoisotopic (exact) mass is 359 g/mol. The first-order valence-electron chi connectivity index (χ1n) is 7.99. The second kappa shape index (κ2) is 7.97. The quantitative estimate of drug-likeness (QED) is 0.787. The first-order valence-corrected chi connectivity index (χ1v) is 7.99. The van der Waals surface area contributed by atoms with Crippen molar-refractivity contribution in [2.24, 2.45) is 0 Å². The molecule has 3 atom stereocenters. The highest BCUT2D eigenvalue weighted by Gasteiger charge is 2.37. The van der Waals surface area contributed by atoms with Gasteiger partial charge in [0.2, 0.25) is 0 Å². The Balaban J connectivity index is 1.87. The van der Waals surface area contributed by atoms with E-state index in [1.165, 1.54) is 12.1 Å². The molecule has 0 aliphatic carbocycles. The van der Waals surface area contributed by atoms with Crippen molar-refractivity contribution in [2.45, 2.75) is 57.7 Å². The van der Waals surface area contributed by atoms with Gasteiger partial charge in [-0.05, 0) is 44.9 Å². The van der Waals surface area contributed by atoms with Gasteiger partial charge in [-0.25, -0.2) is 4.79 Å². The maximum atomic E-state index is 12.1. The van der Waals surface area contributed by atoms with Crippen LogP contribution in [0.15, 0.2) is 24.3 Å². The summed E-state index contributed by atoms with van der Waals surface area (Å²) in [5, 5.41) is 13.4. The smallest absolute Gasteiger partial charge is 0.435 e. The van der Waals surface area contributed by atoms with E-state index in [-0.39, 0.29) is 11.8 Å². The molecule has 140 valence electrons. The zero-order valence-electron chi connectivity index (χ0n) is 14.4. The SMILES string of the molecule is CC(C)(C)OC(=O)O[C@H]1CN[C@H](Cc2ccc(OC(F)F)cc2)[C@@H]1O. The van der Waals surface area contributed by atoms with Crippen molar-refractivity contribution < 1.29 is 32.9 Å². The lowest BCUT2D eigenvalue weighted by atomic mass is 10.0. The minimum atomic E-state index is -2.87. The van der Waals surface area contributed by atoms with Crippen molar-refractivity contribution in [2.75, 3.05) is 6.54 Å². The van der Waals surface area contributed by atoms with Crippen LogP contribution < -0.4 is 10.1 Å². The molecular formula is C17H23F2NO5. The van der Waals surface area contributed by atoms with Crippen LogP contribution in [-0.2, 0) is 15.9 Å². The highest BCUT2D eigenvalue weighted by atomic mass is 19.3. The maximum Gasteiger partial charge on any atom is 0.509 e. The van der Waals surface area contributed by atoms with Crippen LogP contribution in [0, 0.1) is 0 Å². The fraction of sp³-hybridized carbons (Fsp3) is 0.588. The largest absolute Gasteiger partial charge is 0.509 e. The Kier molecular flexibility index (Phi) is 6.18. The molecule has 1 aromatic rings. The molecule has 1 aromatic carbocycles. The fourth-order valence-corrected chi connectivity index (χ4v) is 2.53. The molecule has 0 radical (unpaired) electrons. The van der Waals surface area contributed by atoms with E-state index in [0.717, 1.165) is 5.56 Å². The summed E-state index contributed by atoms with van der Waals surface area (Å²) in [4.78, 5) is 11.7. The van der Waals surface area contributed by atoms with Gasteiger partial charge in [0.05, 0.1) is 0 Å². The Labute approximate surface area is 145 Å². The van der Waals surface area contributed by atoms with Gasteiger partial charge in [-0.15, -0.1) is 0 Å². The van der Waals surface area contributed by atoms with Crippen molar-refractivity contribution in [3.05, 3.63) is 29.8 Å². The lowest BCUT2D eigenvalue weighted by Crippen LogP contribution is -2.37. The molecule has 0 saturated carbocycles. The predicted octanol–water partition coefficient (Wildman–Crippen LogP) is 2.48. The first kappa shape index (κ1) is 19.4. The topological polar surface area (TPSA) is 77.0 Å². The van der Waals surface area contributed by atoms with E-state index in [4.69, 9.17) is 9.47 Å². The summed E-state index contributed by atoms with van der Waals surface area (Å²) in [5.74, 6) is 0.0739. The van der Waals surface area contributed by atoms with Gasteiger partial charge in [-0.1, -0.05) is 12.1 Å². The summed E-state index contributed by atoms with van der Waals surface area (Å²) in [5.41, 5.74) is 0.159. The molecule has 8 heteroatoms. The van der Waals surface area contributed by atoms with Gasteiger partial charge in [0.15, 0.2) is 0 Å². The lowest BCUT2D eigenvalue weighted by Gasteiger charge is -2.22. The first-order chi connectivity index (χ1) is 11.6. The Morgan fingerprint density at radius 1 is 1.32 bits per heavy atom. The second-order valence-electron chi connectivity index (χ2n) is 6.85. The number of carbonyl (C=O) groups excluding carboxylic acids is 1. The summed E-state index contributed by atoms with van der Waals surface area (Å²) in [6, 6.07) is 5.85. The summed E-state index contributed by atoms with van der Waals surface area (Å²) >= 11 is 0. The Morgan fingerprint density at radius 3 is 2.52 bits per heavy atom. The van der Waals surface area contributed by atoms with Crippen LogP contribution in [0.4, 0.5) is 13.6 Å². The zero-order valence-corrected chi connectivity index (χ0v) is 14.4. The molecule has 2 rings (SSSR count). The van der Waals surface area contributed by atoms with E-state index >= 15 is 0 Å². The van der Waals surface area contributed by atoms with E-state index < -0.39 is 30.6 Å². The molecule has 0 bridgehead atoms. The standard InChI is InChI=1S/C17H23F2NO5/c1-17(2,3)25-16(22)24-13-9-20-12(14(13)21)8-10-4-6-11(7-5-10)23-15(18)19/h4-7,12-15,20-21H,8-9H2,1-3H3/t12-,13+,14+/m1/s1. The Morgan fingerprint density at radius 2 is 1.96 bits per heavy atom. The summed E-state index contributed by atoms with van der Waals surface area (Å²) in [6.45, 7) is 2.61. The average Bonchev–Trinajstić information content (AvgIpc) is 2.80. The van der Waals surface area contributed by atoms with Crippen LogP contribution in [0.2, 0.25) is 0 Å². The van der Waals surface area contributed by atoms with Crippen molar-refractivity contribution >= 4 is 6.16 Å². The molecule has 1 aliphatic rings. The minimum Gasteiger partial charge on any atom is -0.435 e. The van der Waals surface area contributed by atoms with Crippen molar-refractivity contribution in [3.8, 4) is 5.75 Å². The number of benzene rings is 1. The molecule has 2 N–H and O–H groups in total. The number of hydrogen-bond donors (Lipinski definition) is 2. The van der Waals surface area contributed by atoms with Crippen molar-refractivity contribution in [1.82, 2.24) is 5.32 Å². The van der Waals surface area contributed by atoms with E-state index in [1.807, 2.05) is 0 Å². The van der Waals surface area contributed by atoms with Gasteiger partial charge in [0.25, 0.3) is 0 Å². The van der Waals surface area contributed by atoms with Gasteiger partial charge < -0.3 is 24.6 Å². The Bertz CT molecular complexity index is 573. The number of carbonyl (C=O) groups is 1. The summed E-state index contributed by atoms with van der Waals surface area (Å²) < 4.78 is 38.8. The van der Waals surface area contributed by atoms with E-state index in [2.05, 4.69) is 10.1 Å². The molecule has 25 heavy (non-hydrogen) atoms. The molecule has 0 amide bonds. The predicted molar refractivity (Wildman–Crippen MR) is 85.7 cm³/mol. The molecule has 1 fully saturated rings. The van der Waals surface area contributed by atoms with Crippen LogP contribution in [0.5, 0.6) is 5.75 Å². The van der Waals surface area contributed by atoms with Crippen LogP contribution in [0.1, 0.15) is 26.3 Å². The van der Waals surface area contributed by atoms with E-state index in [9.17, 15) is 18.7 Å². The van der Waals surface area contributed by atoms with Gasteiger partial charge in [-0.3, -0.25) is 0 Å². The van der Waals surface area contributed by atoms with Gasteiger partial charge >= 0.3 is 12.8 Å². The molecule has 0 spiro atoms. The number of ether oxygens (including phenoxy) is 3. The van der Waals surface area contributed by atoms with Crippen LogP contribution in [0.3, 0.4) is 0 Å². The zero-order chi connectivity index (χ0) is 18.6. The Hall–Kier alpha value is -1.93. The number of halogens is 2. The fourth-order valence-electron chi connectivity index (χ4n) is 2.53. The molecular weight excluding hydrogens is 336 g/mol. The van der Waals surface area contributed by atoms with Crippen molar-refractivity contribution in [1.29, 1.82) is 0 Å². The van der Waals surface area contributed by atoms with Crippen LogP contribution in [-0.4, -0.2) is 48.3 Å². The number of rotatable bonds is 5. The van der Waals surface area contributed by atoms with Gasteiger partial charge in [0, 0.05) is 12.6 Å². The summed E-state index contributed by atoms with van der Waals surface area (Å²) in [6.07, 6.45) is -1.98. The third-order valence-corrected chi connectivity index (χ3v) is 3.62. The normalized spacial score (nSPS) is 23.6. The highest BCUT2D eigenvalue weighted by Crippen LogP contribution is 2.20. The van der Waals surface area contributed by atoms with Gasteiger partial charge in [-0.2, -0.15) is 8.78 Å². The third-order valence-electron chi connectivity index (χ3n) is 3.62. The maximum absolute atomic E-state index is 12.1. The lowest BCUT2D eigenvalue weighted by molar-refractivity contribution is -0.0503. The van der Waals surface area contributed by atoms with Gasteiger partial charge in [0.1, 0.15) is 23.6 Å². The van der Waals surface area contributed by atoms with Crippen molar-refractivity contribution in [3.63, 3.8) is 0 Å². The number of aliphatic hydroxyl groups excluding tert-OH is 1. The third kappa shape index (κ3) is 6.13. The number of nitrogens with one attached hydrogen (secondary N) is 1. The molecule has 0 aromatic heterocycles. The molecule has 1 saturated heterocycles. The highest BCUT2D eigenvalue weighted by molar-refractivity contribution is 5.60. The van der Waals surface area contributed by atoms with E-state index in [1.54, 1.807) is 32.9 Å². The summed E-state index contributed by atoms with van der Waals surface area (Å²) in [7, 11) is 0. The molecule has 1 heterocycles. The minimum absolute atomic E-state index is 0.0739. The number of alkyl halides is 2. The average molecular weight is 359 g/mol. The van der Waals surface area contributed by atoms with Crippen LogP contribution in [0.25, 0.3) is 0 Å². The molecule has 1 aliphatic heterocycles. The number of hydrogen-bond acceptors (Lipinski definition) is 6.